The Hall–Kier alpha value is -2.28. The lowest BCUT2D eigenvalue weighted by molar-refractivity contribution is -0.138. The first-order valence-electron chi connectivity index (χ1n) is 9.18. The van der Waals surface area contributed by atoms with E-state index in [0.29, 0.717) is 23.1 Å². The van der Waals surface area contributed by atoms with Gasteiger partial charge in [-0.25, -0.2) is 0 Å². The Morgan fingerprint density at radius 2 is 1.14 bits per heavy atom. The molecule has 29 heavy (non-hydrogen) atoms. The average molecular weight is 415 g/mol. The molecule has 2 aromatic carbocycles. The highest BCUT2D eigenvalue weighted by molar-refractivity contribution is 5.80. The van der Waals surface area contributed by atoms with Gasteiger partial charge in [-0.15, -0.1) is 0 Å². The molecule has 0 N–H and O–H groups in total. The molecule has 0 aromatic heterocycles. The minimum Gasteiger partial charge on any atom is -0.309 e. The van der Waals surface area contributed by atoms with Gasteiger partial charge in [0, 0.05) is 0 Å². The van der Waals surface area contributed by atoms with E-state index in [9.17, 15) is 26.3 Å². The van der Waals surface area contributed by atoms with Crippen molar-refractivity contribution < 1.29 is 26.3 Å². The van der Waals surface area contributed by atoms with Gasteiger partial charge in [-0.2, -0.15) is 26.3 Å². The topological polar surface area (TPSA) is 3.24 Å². The van der Waals surface area contributed by atoms with Crippen LogP contribution in [0.25, 0.3) is 5.57 Å². The summed E-state index contributed by atoms with van der Waals surface area (Å²) in [5.74, 6) is 0. The van der Waals surface area contributed by atoms with E-state index in [0.717, 1.165) is 43.7 Å². The van der Waals surface area contributed by atoms with E-state index in [2.05, 4.69) is 4.90 Å². The van der Waals surface area contributed by atoms with Gasteiger partial charge in [0.05, 0.1) is 11.1 Å². The van der Waals surface area contributed by atoms with Crippen LogP contribution in [0.1, 0.15) is 41.5 Å². The third kappa shape index (κ3) is 6.92. The molecule has 0 bridgehead atoms. The van der Waals surface area contributed by atoms with Crippen LogP contribution in [0.15, 0.2) is 54.6 Å². The smallest absolute Gasteiger partial charge is 0.309 e. The van der Waals surface area contributed by atoms with Crippen LogP contribution in [-0.2, 0) is 12.4 Å². The molecule has 0 fully saturated rings. The minimum atomic E-state index is -4.44. The molecule has 0 spiro atoms. The van der Waals surface area contributed by atoms with Crippen LogP contribution in [-0.4, -0.2) is 25.5 Å². The van der Waals surface area contributed by atoms with Crippen LogP contribution in [0, 0.1) is 0 Å². The van der Waals surface area contributed by atoms with E-state index in [1.165, 1.54) is 24.3 Å². The number of halogens is 6. The molecular formula is C22H23F6N. The largest absolute Gasteiger partial charge is 0.416 e. The molecule has 158 valence electrons. The second-order valence-electron chi connectivity index (χ2n) is 7.07. The molecular weight excluding hydrogens is 392 g/mol. The van der Waals surface area contributed by atoms with Crippen molar-refractivity contribution in [2.75, 3.05) is 20.6 Å². The fraction of sp³-hybridized carbons (Fsp3) is 0.364. The highest BCUT2D eigenvalue weighted by atomic mass is 19.4. The van der Waals surface area contributed by atoms with Gasteiger partial charge in [0.1, 0.15) is 0 Å². The number of rotatable bonds is 7. The van der Waals surface area contributed by atoms with Crippen molar-refractivity contribution in [3.05, 3.63) is 76.9 Å². The molecule has 2 aromatic rings. The zero-order valence-corrected chi connectivity index (χ0v) is 16.2. The first-order valence-corrected chi connectivity index (χ1v) is 9.18. The molecule has 0 saturated heterocycles. The maximum absolute atomic E-state index is 12.8. The van der Waals surface area contributed by atoms with Crippen molar-refractivity contribution in [3.63, 3.8) is 0 Å². The van der Waals surface area contributed by atoms with Crippen LogP contribution in [0.2, 0.25) is 0 Å². The van der Waals surface area contributed by atoms with E-state index < -0.39 is 23.5 Å². The van der Waals surface area contributed by atoms with Gasteiger partial charge in [-0.3, -0.25) is 0 Å². The summed E-state index contributed by atoms with van der Waals surface area (Å²) < 4.78 is 77.0. The lowest BCUT2D eigenvalue weighted by Crippen LogP contribution is -2.12. The summed E-state index contributed by atoms with van der Waals surface area (Å²) in [5, 5.41) is 0. The maximum atomic E-state index is 12.8. The molecule has 0 atom stereocenters. The SMILES string of the molecule is CN(C)CCCCC=C(c1ccc(C(F)(F)F)cc1)c1ccc(C(F)(F)F)cc1. The Morgan fingerprint density at radius 3 is 1.48 bits per heavy atom. The first-order chi connectivity index (χ1) is 13.5. The molecule has 2 rings (SSSR count). The summed E-state index contributed by atoms with van der Waals surface area (Å²) in [7, 11) is 3.93. The van der Waals surface area contributed by atoms with E-state index in [4.69, 9.17) is 0 Å². The summed E-state index contributed by atoms with van der Waals surface area (Å²) in [6.07, 6.45) is -4.53. The van der Waals surface area contributed by atoms with Crippen LogP contribution in [0.5, 0.6) is 0 Å². The van der Waals surface area contributed by atoms with Crippen LogP contribution in [0.3, 0.4) is 0 Å². The Kier molecular flexibility index (Phi) is 7.52. The Balaban J connectivity index is 2.30. The lowest BCUT2D eigenvalue weighted by Gasteiger charge is -2.13. The van der Waals surface area contributed by atoms with Gasteiger partial charge in [-0.1, -0.05) is 30.3 Å². The molecule has 0 unspecified atom stereocenters. The Morgan fingerprint density at radius 1 is 0.724 bits per heavy atom. The highest BCUT2D eigenvalue weighted by Gasteiger charge is 2.31. The molecule has 0 saturated carbocycles. The average Bonchev–Trinajstić information content (AvgIpc) is 2.63. The quantitative estimate of drug-likeness (QED) is 0.352. The molecule has 0 aliphatic carbocycles. The molecule has 0 amide bonds. The van der Waals surface area contributed by atoms with Gasteiger partial charge in [-0.05, 0) is 80.9 Å². The zero-order chi connectivity index (χ0) is 21.7. The Labute approximate surface area is 166 Å². The van der Waals surface area contributed by atoms with Crippen molar-refractivity contribution in [2.24, 2.45) is 0 Å². The molecule has 0 aliphatic heterocycles. The van der Waals surface area contributed by atoms with Gasteiger partial charge in [0.15, 0.2) is 0 Å². The normalized spacial score (nSPS) is 12.3. The molecule has 0 aliphatic rings. The van der Waals surface area contributed by atoms with E-state index in [-0.39, 0.29) is 0 Å². The number of unbranched alkanes of at least 4 members (excludes halogenated alkanes) is 2. The summed E-state index contributed by atoms with van der Waals surface area (Å²) in [5.41, 5.74) is 0.158. The van der Waals surface area contributed by atoms with Gasteiger partial charge in [0.25, 0.3) is 0 Å². The molecule has 0 radical (unpaired) electrons. The first kappa shape index (κ1) is 23.0. The van der Waals surface area contributed by atoms with E-state index in [1.54, 1.807) is 0 Å². The van der Waals surface area contributed by atoms with E-state index in [1.807, 2.05) is 20.2 Å². The van der Waals surface area contributed by atoms with Crippen molar-refractivity contribution in [1.82, 2.24) is 4.90 Å². The third-order valence-corrected chi connectivity index (χ3v) is 4.45. The van der Waals surface area contributed by atoms with Gasteiger partial charge in [0.2, 0.25) is 0 Å². The number of hydrogen-bond acceptors (Lipinski definition) is 1. The predicted octanol–water partition coefficient (Wildman–Crippen LogP) is 6.89. The maximum Gasteiger partial charge on any atom is 0.416 e. The fourth-order valence-corrected chi connectivity index (χ4v) is 2.90. The monoisotopic (exact) mass is 415 g/mol. The number of hydrogen-bond donors (Lipinski definition) is 0. The van der Waals surface area contributed by atoms with Crippen LogP contribution >= 0.6 is 0 Å². The van der Waals surface area contributed by atoms with Crippen LogP contribution in [0.4, 0.5) is 26.3 Å². The second-order valence-corrected chi connectivity index (χ2v) is 7.07. The third-order valence-electron chi connectivity index (χ3n) is 4.45. The zero-order valence-electron chi connectivity index (χ0n) is 16.2. The molecule has 0 heterocycles. The Bertz CT molecular complexity index is 740. The summed E-state index contributed by atoms with van der Waals surface area (Å²) in [6, 6.07) is 9.35. The number of nitrogens with zero attached hydrogens (tertiary/aromatic N) is 1. The van der Waals surface area contributed by atoms with Crippen molar-refractivity contribution >= 4 is 5.57 Å². The van der Waals surface area contributed by atoms with Crippen LogP contribution < -0.4 is 0 Å². The fourth-order valence-electron chi connectivity index (χ4n) is 2.90. The summed E-state index contributed by atoms with van der Waals surface area (Å²) in [4.78, 5) is 2.05. The van der Waals surface area contributed by atoms with Crippen molar-refractivity contribution in [2.45, 2.75) is 31.6 Å². The summed E-state index contributed by atoms with van der Waals surface area (Å²) >= 11 is 0. The van der Waals surface area contributed by atoms with E-state index >= 15 is 0 Å². The lowest BCUT2D eigenvalue weighted by atomic mass is 9.94. The van der Waals surface area contributed by atoms with Gasteiger partial charge >= 0.3 is 12.4 Å². The standard InChI is InChI=1S/C22H23F6N/c1-29(2)15-5-3-4-6-20(16-7-11-18(12-8-16)21(23,24)25)17-9-13-19(14-10-17)22(26,27)28/h6-14H,3-5,15H2,1-2H3. The highest BCUT2D eigenvalue weighted by Crippen LogP contribution is 2.33. The predicted molar refractivity (Wildman–Crippen MR) is 102 cm³/mol. The van der Waals surface area contributed by atoms with Crippen molar-refractivity contribution in [1.29, 1.82) is 0 Å². The van der Waals surface area contributed by atoms with Crippen molar-refractivity contribution in [3.8, 4) is 0 Å². The number of alkyl halides is 6. The minimum absolute atomic E-state index is 0.533. The molecule has 1 nitrogen and oxygen atoms in total. The number of allylic oxidation sites excluding steroid dienone is 1. The summed E-state index contributed by atoms with van der Waals surface area (Å²) in [6.45, 7) is 0.906. The van der Waals surface area contributed by atoms with Gasteiger partial charge < -0.3 is 4.90 Å². The molecule has 7 heteroatoms. The second kappa shape index (κ2) is 9.48. The number of benzene rings is 2.